The van der Waals surface area contributed by atoms with Gasteiger partial charge in [-0.1, -0.05) is 38.0 Å². The molecule has 2 aromatic rings. The maximum absolute atomic E-state index is 4.46. The summed E-state index contributed by atoms with van der Waals surface area (Å²) >= 11 is 0. The van der Waals surface area contributed by atoms with E-state index in [0.717, 1.165) is 31.4 Å². The molecule has 0 radical (unpaired) electrons. The third kappa shape index (κ3) is 4.77. The lowest BCUT2D eigenvalue weighted by Gasteiger charge is -2.36. The highest BCUT2D eigenvalue weighted by Crippen LogP contribution is 2.26. The van der Waals surface area contributed by atoms with E-state index in [1.165, 1.54) is 73.6 Å². The van der Waals surface area contributed by atoms with E-state index < -0.39 is 0 Å². The van der Waals surface area contributed by atoms with Crippen LogP contribution in [0.3, 0.4) is 0 Å². The number of H-pyrrole nitrogens is 1. The topological polar surface area (TPSA) is 55.5 Å². The van der Waals surface area contributed by atoms with Gasteiger partial charge in [0.15, 0.2) is 5.96 Å². The van der Waals surface area contributed by atoms with Gasteiger partial charge in [-0.3, -0.25) is 4.99 Å². The van der Waals surface area contributed by atoms with E-state index in [9.17, 15) is 0 Å². The summed E-state index contributed by atoms with van der Waals surface area (Å²) in [6.45, 7) is 5.57. The summed E-state index contributed by atoms with van der Waals surface area (Å²) in [6, 6.07) is 8.01. The second-order valence-corrected chi connectivity index (χ2v) is 8.65. The van der Waals surface area contributed by atoms with Crippen LogP contribution in [0.1, 0.15) is 56.6 Å². The monoisotopic (exact) mass is 395 g/mol. The summed E-state index contributed by atoms with van der Waals surface area (Å²) in [5, 5.41) is 8.54. The Kier molecular flexibility index (Phi) is 6.75. The van der Waals surface area contributed by atoms with E-state index in [1.54, 1.807) is 0 Å². The zero-order valence-corrected chi connectivity index (χ0v) is 18.1. The maximum Gasteiger partial charge on any atom is 0.191 e. The second-order valence-electron chi connectivity index (χ2n) is 8.65. The first-order valence-corrected chi connectivity index (χ1v) is 11.6. The van der Waals surface area contributed by atoms with Gasteiger partial charge in [0.1, 0.15) is 0 Å². The molecule has 1 saturated heterocycles. The SMILES string of the molecule is CCc1cccc2c(CCNC(=NC)NC3CCN(C4CCCC4)CC3)c[nH]c12. The summed E-state index contributed by atoms with van der Waals surface area (Å²) in [4.78, 5) is 10.7. The van der Waals surface area contributed by atoms with Gasteiger partial charge in [-0.2, -0.15) is 0 Å². The fourth-order valence-electron chi connectivity index (χ4n) is 5.16. The standard InChI is InChI=1S/C24H37N5/c1-3-18-7-6-10-22-19(17-27-23(18)22)11-14-26-24(25-2)28-20-12-15-29(16-13-20)21-8-4-5-9-21/h6-7,10,17,20-21,27H,3-5,8-9,11-16H2,1-2H3,(H2,25,26,28). The molecule has 1 aliphatic heterocycles. The molecule has 158 valence electrons. The van der Waals surface area contributed by atoms with Gasteiger partial charge in [0.2, 0.25) is 0 Å². The predicted octanol–water partition coefficient (Wildman–Crippen LogP) is 3.84. The fraction of sp³-hybridized carbons (Fsp3) is 0.625. The van der Waals surface area contributed by atoms with E-state index in [-0.39, 0.29) is 0 Å². The summed E-state index contributed by atoms with van der Waals surface area (Å²) in [5.41, 5.74) is 4.06. The van der Waals surface area contributed by atoms with Crippen molar-refractivity contribution in [2.45, 2.75) is 70.4 Å². The van der Waals surface area contributed by atoms with Gasteiger partial charge in [-0.25, -0.2) is 0 Å². The molecule has 5 heteroatoms. The molecule has 1 saturated carbocycles. The van der Waals surface area contributed by atoms with Gasteiger partial charge < -0.3 is 20.5 Å². The van der Waals surface area contributed by atoms with Crippen molar-refractivity contribution in [3.8, 4) is 0 Å². The van der Waals surface area contributed by atoms with E-state index >= 15 is 0 Å². The lowest BCUT2D eigenvalue weighted by Crippen LogP contribution is -2.50. The maximum atomic E-state index is 4.46. The molecule has 2 aliphatic rings. The van der Waals surface area contributed by atoms with Crippen LogP contribution in [-0.2, 0) is 12.8 Å². The zero-order valence-electron chi connectivity index (χ0n) is 18.1. The van der Waals surface area contributed by atoms with Crippen molar-refractivity contribution in [1.29, 1.82) is 0 Å². The molecule has 29 heavy (non-hydrogen) atoms. The molecule has 0 spiro atoms. The smallest absolute Gasteiger partial charge is 0.191 e. The van der Waals surface area contributed by atoms with Crippen molar-refractivity contribution in [2.24, 2.45) is 4.99 Å². The van der Waals surface area contributed by atoms with Gasteiger partial charge in [0.25, 0.3) is 0 Å². The minimum absolute atomic E-state index is 0.541. The van der Waals surface area contributed by atoms with Crippen molar-refractivity contribution < 1.29 is 0 Å². The van der Waals surface area contributed by atoms with Crippen LogP contribution in [0.4, 0.5) is 0 Å². The Morgan fingerprint density at radius 3 is 2.66 bits per heavy atom. The Morgan fingerprint density at radius 1 is 1.14 bits per heavy atom. The Bertz CT molecular complexity index is 810. The number of aromatic nitrogens is 1. The normalized spacial score (nSPS) is 19.9. The summed E-state index contributed by atoms with van der Waals surface area (Å²) in [7, 11) is 1.88. The molecule has 5 nitrogen and oxygen atoms in total. The lowest BCUT2D eigenvalue weighted by molar-refractivity contribution is 0.150. The first-order chi connectivity index (χ1) is 14.3. The summed E-state index contributed by atoms with van der Waals surface area (Å²) in [5.74, 6) is 0.943. The van der Waals surface area contributed by atoms with Gasteiger partial charge in [-0.05, 0) is 49.7 Å². The van der Waals surface area contributed by atoms with Gasteiger partial charge >= 0.3 is 0 Å². The molecule has 1 aliphatic carbocycles. The number of hydrogen-bond donors (Lipinski definition) is 3. The number of likely N-dealkylation sites (tertiary alicyclic amines) is 1. The van der Waals surface area contributed by atoms with Gasteiger partial charge in [0.05, 0.1) is 0 Å². The van der Waals surface area contributed by atoms with E-state index in [2.05, 4.69) is 56.8 Å². The molecule has 1 aromatic carbocycles. The average molecular weight is 396 g/mol. The molecular formula is C24H37N5. The fourth-order valence-corrected chi connectivity index (χ4v) is 5.16. The number of piperidine rings is 1. The van der Waals surface area contributed by atoms with E-state index in [4.69, 9.17) is 0 Å². The number of aryl methyl sites for hydroxylation is 1. The number of para-hydroxylation sites is 1. The summed E-state index contributed by atoms with van der Waals surface area (Å²) < 4.78 is 0. The number of nitrogens with zero attached hydrogens (tertiary/aromatic N) is 2. The Balaban J connectivity index is 1.24. The number of fused-ring (bicyclic) bond motifs is 1. The first-order valence-electron chi connectivity index (χ1n) is 11.6. The molecule has 0 bridgehead atoms. The predicted molar refractivity (Wildman–Crippen MR) is 123 cm³/mol. The number of benzene rings is 1. The number of guanidine groups is 1. The largest absolute Gasteiger partial charge is 0.361 e. The molecule has 2 heterocycles. The summed E-state index contributed by atoms with van der Waals surface area (Å²) in [6.07, 6.45) is 12.3. The van der Waals surface area contributed by atoms with Crippen molar-refractivity contribution in [3.05, 3.63) is 35.5 Å². The van der Waals surface area contributed by atoms with Crippen LogP contribution in [0.2, 0.25) is 0 Å². The highest BCUT2D eigenvalue weighted by atomic mass is 15.2. The number of rotatable bonds is 6. The molecule has 2 fully saturated rings. The van der Waals surface area contributed by atoms with Crippen molar-refractivity contribution in [3.63, 3.8) is 0 Å². The van der Waals surface area contributed by atoms with E-state index in [0.29, 0.717) is 6.04 Å². The van der Waals surface area contributed by atoms with Crippen molar-refractivity contribution in [2.75, 3.05) is 26.7 Å². The molecule has 4 rings (SSSR count). The minimum atomic E-state index is 0.541. The van der Waals surface area contributed by atoms with Crippen LogP contribution in [0.25, 0.3) is 10.9 Å². The number of nitrogens with one attached hydrogen (secondary N) is 3. The Labute approximate surface area is 175 Å². The van der Waals surface area contributed by atoms with Gasteiger partial charge in [-0.15, -0.1) is 0 Å². The molecule has 3 N–H and O–H groups in total. The zero-order chi connectivity index (χ0) is 20.1. The highest BCUT2D eigenvalue weighted by molar-refractivity contribution is 5.86. The van der Waals surface area contributed by atoms with E-state index in [1.807, 2.05) is 7.05 Å². The molecule has 0 unspecified atom stereocenters. The Hall–Kier alpha value is -2.01. The van der Waals surface area contributed by atoms with Crippen LogP contribution < -0.4 is 10.6 Å². The van der Waals surface area contributed by atoms with Crippen molar-refractivity contribution in [1.82, 2.24) is 20.5 Å². The number of hydrogen-bond acceptors (Lipinski definition) is 2. The molecule has 0 amide bonds. The molecule has 1 aromatic heterocycles. The number of aliphatic imine (C=N–C) groups is 1. The molecule has 0 atom stereocenters. The van der Waals surface area contributed by atoms with Crippen LogP contribution in [-0.4, -0.2) is 54.6 Å². The van der Waals surface area contributed by atoms with Crippen LogP contribution in [0.15, 0.2) is 29.4 Å². The van der Waals surface area contributed by atoms with Gasteiger partial charge in [0, 0.05) is 55.9 Å². The molecular weight excluding hydrogens is 358 g/mol. The quantitative estimate of drug-likeness (QED) is 0.514. The minimum Gasteiger partial charge on any atom is -0.361 e. The highest BCUT2D eigenvalue weighted by Gasteiger charge is 2.27. The third-order valence-electron chi connectivity index (χ3n) is 6.89. The Morgan fingerprint density at radius 2 is 1.93 bits per heavy atom. The van der Waals surface area contributed by atoms with Crippen molar-refractivity contribution >= 4 is 16.9 Å². The number of aromatic amines is 1. The average Bonchev–Trinajstić information content (AvgIpc) is 3.44. The first kappa shape index (κ1) is 20.3. The van der Waals surface area contributed by atoms with Crippen LogP contribution >= 0.6 is 0 Å². The lowest BCUT2D eigenvalue weighted by atomic mass is 10.0. The van der Waals surface area contributed by atoms with Crippen LogP contribution in [0.5, 0.6) is 0 Å². The van der Waals surface area contributed by atoms with Crippen LogP contribution in [0, 0.1) is 0 Å². The second kappa shape index (κ2) is 9.66. The third-order valence-corrected chi connectivity index (χ3v) is 6.89.